The van der Waals surface area contributed by atoms with E-state index >= 15 is 0 Å². The van der Waals surface area contributed by atoms with Crippen molar-refractivity contribution < 1.29 is 0 Å². The summed E-state index contributed by atoms with van der Waals surface area (Å²) < 4.78 is 0. The molecule has 2 aromatic rings. The zero-order valence-electron chi connectivity index (χ0n) is 9.36. The molecule has 0 radical (unpaired) electrons. The van der Waals surface area contributed by atoms with Gasteiger partial charge in [-0.3, -0.25) is 0 Å². The van der Waals surface area contributed by atoms with Crippen molar-refractivity contribution in [3.05, 3.63) is 29.9 Å². The molecule has 1 fully saturated rings. The smallest absolute Gasteiger partial charge is 0.208 e. The molecule has 2 aromatic heterocycles. The van der Waals surface area contributed by atoms with E-state index in [9.17, 15) is 0 Å². The van der Waals surface area contributed by atoms with E-state index in [0.717, 1.165) is 37.1 Å². The molecule has 5 nitrogen and oxygen atoms in total. The highest BCUT2D eigenvalue weighted by Crippen LogP contribution is 2.19. The van der Waals surface area contributed by atoms with Gasteiger partial charge in [-0.15, -0.1) is 10.2 Å². The second-order valence-electron chi connectivity index (χ2n) is 3.88. The molecule has 0 N–H and O–H groups in total. The van der Waals surface area contributed by atoms with E-state index in [2.05, 4.69) is 31.0 Å². The first-order valence-electron chi connectivity index (χ1n) is 5.60. The van der Waals surface area contributed by atoms with E-state index in [4.69, 9.17) is 0 Å². The van der Waals surface area contributed by atoms with Crippen molar-refractivity contribution in [2.45, 2.75) is 0 Å². The first kappa shape index (κ1) is 10.5. The molecule has 0 bridgehead atoms. The molecule has 0 saturated carbocycles. The molecule has 1 saturated heterocycles. The van der Waals surface area contributed by atoms with Crippen LogP contribution in [0.5, 0.6) is 0 Å². The van der Waals surface area contributed by atoms with Gasteiger partial charge in [0.1, 0.15) is 11.3 Å². The lowest BCUT2D eigenvalue weighted by molar-refractivity contribution is 0.644. The Labute approximate surface area is 104 Å². The normalized spacial score (nSPS) is 16.2. The topological polar surface area (TPSA) is 45.2 Å². The molecule has 1 aliphatic heterocycles. The van der Waals surface area contributed by atoms with Crippen molar-refractivity contribution in [2.24, 2.45) is 0 Å². The number of hydrogen-bond acceptors (Lipinski definition) is 6. The summed E-state index contributed by atoms with van der Waals surface area (Å²) in [7, 11) is 0. The Morgan fingerprint density at radius 3 is 2.53 bits per heavy atom. The number of piperazine rings is 1. The third-order valence-corrected chi connectivity index (χ3v) is 3.62. The SMILES string of the molecule is c1ccc(N2CCN(c3nncs3)CC2)nc1. The van der Waals surface area contributed by atoms with Crippen molar-refractivity contribution >= 4 is 22.3 Å². The minimum Gasteiger partial charge on any atom is -0.353 e. The van der Waals surface area contributed by atoms with Gasteiger partial charge in [-0.1, -0.05) is 17.4 Å². The first-order valence-corrected chi connectivity index (χ1v) is 6.48. The van der Waals surface area contributed by atoms with Gasteiger partial charge in [0.2, 0.25) is 5.13 Å². The van der Waals surface area contributed by atoms with Crippen molar-refractivity contribution in [3.8, 4) is 0 Å². The van der Waals surface area contributed by atoms with E-state index in [0.29, 0.717) is 0 Å². The van der Waals surface area contributed by atoms with Gasteiger partial charge in [0, 0.05) is 32.4 Å². The maximum atomic E-state index is 4.37. The number of anilines is 2. The summed E-state index contributed by atoms with van der Waals surface area (Å²) in [6, 6.07) is 6.03. The summed E-state index contributed by atoms with van der Waals surface area (Å²) in [5.74, 6) is 1.06. The molecule has 1 aliphatic rings. The van der Waals surface area contributed by atoms with Crippen LogP contribution in [0.15, 0.2) is 29.9 Å². The highest BCUT2D eigenvalue weighted by Gasteiger charge is 2.19. The van der Waals surface area contributed by atoms with Gasteiger partial charge >= 0.3 is 0 Å². The Balaban J connectivity index is 1.65. The molecule has 0 unspecified atom stereocenters. The van der Waals surface area contributed by atoms with Gasteiger partial charge in [0.15, 0.2) is 0 Å². The van der Waals surface area contributed by atoms with Crippen molar-refractivity contribution in [1.29, 1.82) is 0 Å². The fourth-order valence-electron chi connectivity index (χ4n) is 1.97. The number of rotatable bonds is 2. The highest BCUT2D eigenvalue weighted by molar-refractivity contribution is 7.13. The average Bonchev–Trinajstić information content (AvgIpc) is 2.94. The third-order valence-electron chi connectivity index (χ3n) is 2.87. The van der Waals surface area contributed by atoms with Crippen LogP contribution in [-0.2, 0) is 0 Å². The Kier molecular flexibility index (Phi) is 2.87. The Hall–Kier alpha value is -1.69. The van der Waals surface area contributed by atoms with Crippen LogP contribution < -0.4 is 9.80 Å². The molecular weight excluding hydrogens is 234 g/mol. The minimum absolute atomic E-state index is 0.978. The van der Waals surface area contributed by atoms with Gasteiger partial charge in [-0.05, 0) is 12.1 Å². The van der Waals surface area contributed by atoms with E-state index in [-0.39, 0.29) is 0 Å². The van der Waals surface area contributed by atoms with Crippen molar-refractivity contribution in [3.63, 3.8) is 0 Å². The van der Waals surface area contributed by atoms with Crippen LogP contribution in [0.1, 0.15) is 0 Å². The van der Waals surface area contributed by atoms with Crippen LogP contribution in [0.2, 0.25) is 0 Å². The maximum Gasteiger partial charge on any atom is 0.208 e. The van der Waals surface area contributed by atoms with Crippen molar-refractivity contribution in [1.82, 2.24) is 15.2 Å². The fraction of sp³-hybridized carbons (Fsp3) is 0.364. The summed E-state index contributed by atoms with van der Waals surface area (Å²) >= 11 is 1.60. The number of aromatic nitrogens is 3. The lowest BCUT2D eigenvalue weighted by Gasteiger charge is -2.34. The molecule has 3 heterocycles. The maximum absolute atomic E-state index is 4.37. The minimum atomic E-state index is 0.978. The van der Waals surface area contributed by atoms with Crippen LogP contribution in [0.3, 0.4) is 0 Å². The first-order chi connectivity index (χ1) is 8.43. The molecule has 3 rings (SSSR count). The number of hydrogen-bond donors (Lipinski definition) is 0. The van der Waals surface area contributed by atoms with Crippen LogP contribution in [0.4, 0.5) is 10.9 Å². The molecule has 88 valence electrons. The van der Waals surface area contributed by atoms with E-state index in [1.54, 1.807) is 16.8 Å². The van der Waals surface area contributed by atoms with E-state index < -0.39 is 0 Å². The van der Waals surface area contributed by atoms with Gasteiger partial charge in [0.05, 0.1) is 0 Å². The monoisotopic (exact) mass is 247 g/mol. The zero-order valence-corrected chi connectivity index (χ0v) is 10.2. The molecule has 17 heavy (non-hydrogen) atoms. The van der Waals surface area contributed by atoms with Crippen molar-refractivity contribution in [2.75, 3.05) is 36.0 Å². The molecule has 0 spiro atoms. The van der Waals surface area contributed by atoms with Gasteiger partial charge in [-0.25, -0.2) is 4.98 Å². The summed E-state index contributed by atoms with van der Waals surface area (Å²) in [4.78, 5) is 8.95. The highest BCUT2D eigenvalue weighted by atomic mass is 32.1. The second-order valence-corrected chi connectivity index (χ2v) is 4.70. The predicted molar refractivity (Wildman–Crippen MR) is 68.6 cm³/mol. The molecular formula is C11H13N5S. The molecule has 0 aliphatic carbocycles. The quantitative estimate of drug-likeness (QED) is 0.799. The Morgan fingerprint density at radius 1 is 1.06 bits per heavy atom. The summed E-state index contributed by atoms with van der Waals surface area (Å²) in [5.41, 5.74) is 1.78. The third kappa shape index (κ3) is 2.21. The summed E-state index contributed by atoms with van der Waals surface area (Å²) in [6.07, 6.45) is 1.84. The molecule has 0 aromatic carbocycles. The van der Waals surface area contributed by atoms with Crippen LogP contribution in [0, 0.1) is 0 Å². The summed E-state index contributed by atoms with van der Waals surface area (Å²) in [6.45, 7) is 3.92. The predicted octanol–water partition coefficient (Wildman–Crippen LogP) is 1.26. The Morgan fingerprint density at radius 2 is 1.88 bits per heavy atom. The molecule has 0 amide bonds. The average molecular weight is 247 g/mol. The standard InChI is InChI=1S/C11H13N5S/c1-2-4-12-10(3-1)15-5-7-16(8-6-15)11-14-13-9-17-11/h1-4,9H,5-8H2. The van der Waals surface area contributed by atoms with Gasteiger partial charge in [0.25, 0.3) is 0 Å². The lowest BCUT2D eigenvalue weighted by Crippen LogP contribution is -2.46. The number of nitrogens with zero attached hydrogens (tertiary/aromatic N) is 5. The van der Waals surface area contributed by atoms with E-state index in [1.807, 2.05) is 18.3 Å². The van der Waals surface area contributed by atoms with Crippen LogP contribution in [-0.4, -0.2) is 41.4 Å². The second kappa shape index (κ2) is 4.67. The van der Waals surface area contributed by atoms with Crippen LogP contribution >= 0.6 is 11.3 Å². The largest absolute Gasteiger partial charge is 0.353 e. The molecule has 0 atom stereocenters. The van der Waals surface area contributed by atoms with E-state index in [1.165, 1.54) is 0 Å². The Bertz CT molecular complexity index is 450. The zero-order chi connectivity index (χ0) is 11.5. The molecule has 6 heteroatoms. The summed E-state index contributed by atoms with van der Waals surface area (Å²) in [5, 5.41) is 8.99. The van der Waals surface area contributed by atoms with Gasteiger partial charge in [-0.2, -0.15) is 0 Å². The van der Waals surface area contributed by atoms with Gasteiger partial charge < -0.3 is 9.80 Å². The lowest BCUT2D eigenvalue weighted by atomic mass is 10.3. The number of pyridine rings is 1. The fourth-order valence-corrected chi connectivity index (χ4v) is 2.59. The van der Waals surface area contributed by atoms with Crippen LogP contribution in [0.25, 0.3) is 0 Å².